The molecule has 1 heterocycles. The first-order valence-electron chi connectivity index (χ1n) is 9.45. The number of carbonyl (C=O) groups is 2. The Morgan fingerprint density at radius 1 is 1.03 bits per heavy atom. The number of esters is 1. The summed E-state index contributed by atoms with van der Waals surface area (Å²) < 4.78 is 12.2. The summed E-state index contributed by atoms with van der Waals surface area (Å²) in [6.45, 7) is 0. The Kier molecular flexibility index (Phi) is 6.74. The number of thiocarbonyl (C=S) groups is 1. The summed E-state index contributed by atoms with van der Waals surface area (Å²) in [7, 11) is 1.49. The molecule has 0 aliphatic carbocycles. The minimum atomic E-state index is -0.499. The van der Waals surface area contributed by atoms with E-state index in [1.54, 1.807) is 42.5 Å². The van der Waals surface area contributed by atoms with Gasteiger partial charge in [-0.2, -0.15) is 0 Å². The number of anilines is 1. The van der Waals surface area contributed by atoms with E-state index >= 15 is 0 Å². The number of methoxy groups -OCH3 is 1. The van der Waals surface area contributed by atoms with E-state index < -0.39 is 5.97 Å². The van der Waals surface area contributed by atoms with Crippen molar-refractivity contribution in [3.8, 4) is 11.5 Å². The third kappa shape index (κ3) is 4.77. The van der Waals surface area contributed by atoms with Gasteiger partial charge in [0.25, 0.3) is 5.91 Å². The Morgan fingerprint density at radius 3 is 2.53 bits per heavy atom. The molecule has 0 radical (unpaired) electrons. The van der Waals surface area contributed by atoms with Crippen molar-refractivity contribution < 1.29 is 19.1 Å². The third-order valence-corrected chi connectivity index (χ3v) is 6.35. The molecule has 8 heteroatoms. The number of rotatable bonds is 5. The number of hydrogen-bond acceptors (Lipinski definition) is 6. The maximum atomic E-state index is 12.9. The lowest BCUT2D eigenvalue weighted by Crippen LogP contribution is -2.27. The minimum Gasteiger partial charge on any atom is -0.493 e. The average molecular weight is 526 g/mol. The molecule has 5 nitrogen and oxygen atoms in total. The van der Waals surface area contributed by atoms with Crippen molar-refractivity contribution in [1.29, 1.82) is 0 Å². The van der Waals surface area contributed by atoms with Crippen LogP contribution in [0, 0.1) is 0 Å². The predicted molar refractivity (Wildman–Crippen MR) is 134 cm³/mol. The molecule has 4 rings (SSSR count). The Morgan fingerprint density at radius 2 is 1.81 bits per heavy atom. The van der Waals surface area contributed by atoms with Crippen molar-refractivity contribution in [2.45, 2.75) is 0 Å². The first-order valence-corrected chi connectivity index (χ1v) is 11.5. The fourth-order valence-electron chi connectivity index (χ4n) is 3.05. The second-order valence-electron chi connectivity index (χ2n) is 6.66. The van der Waals surface area contributed by atoms with Gasteiger partial charge in [-0.05, 0) is 54.1 Å². The molecule has 1 aliphatic rings. The molecule has 3 aromatic rings. The lowest BCUT2D eigenvalue weighted by Gasteiger charge is -2.13. The zero-order chi connectivity index (χ0) is 22.7. The summed E-state index contributed by atoms with van der Waals surface area (Å²) in [6.07, 6.45) is 1.74. The van der Waals surface area contributed by atoms with Gasteiger partial charge in [0, 0.05) is 4.47 Å². The molecular formula is C24H16BrNO4S2. The predicted octanol–water partition coefficient (Wildman–Crippen LogP) is 6.08. The van der Waals surface area contributed by atoms with Crippen molar-refractivity contribution in [3.63, 3.8) is 0 Å². The van der Waals surface area contributed by atoms with Gasteiger partial charge >= 0.3 is 5.97 Å². The number of hydrogen-bond donors (Lipinski definition) is 0. The van der Waals surface area contributed by atoms with Gasteiger partial charge in [-0.15, -0.1) is 0 Å². The zero-order valence-electron chi connectivity index (χ0n) is 16.8. The van der Waals surface area contributed by atoms with Gasteiger partial charge in [0.1, 0.15) is 0 Å². The van der Waals surface area contributed by atoms with Crippen LogP contribution in [0.1, 0.15) is 15.9 Å². The fourth-order valence-corrected chi connectivity index (χ4v) is 4.75. The lowest BCUT2D eigenvalue weighted by molar-refractivity contribution is -0.113. The number of ether oxygens (including phenoxy) is 2. The summed E-state index contributed by atoms with van der Waals surface area (Å²) in [5, 5.41) is 0. The van der Waals surface area contributed by atoms with Crippen molar-refractivity contribution in [1.82, 2.24) is 0 Å². The van der Waals surface area contributed by atoms with Crippen LogP contribution in [-0.4, -0.2) is 23.3 Å². The van der Waals surface area contributed by atoms with Gasteiger partial charge < -0.3 is 9.47 Å². The molecule has 0 aromatic heterocycles. The highest BCUT2D eigenvalue weighted by Gasteiger charge is 2.33. The standard InChI is InChI=1S/C24H16BrNO4S2/c1-29-20-12-15(10-11-19(20)30-23(28)16-6-5-7-17(25)14-16)13-21-22(27)26(24(31)32-21)18-8-3-2-4-9-18/h2-14H,1H3. The Labute approximate surface area is 203 Å². The number of carbonyl (C=O) groups excluding carboxylic acids is 2. The molecule has 1 saturated heterocycles. The van der Waals surface area contributed by atoms with Gasteiger partial charge in [-0.25, -0.2) is 4.79 Å². The van der Waals surface area contributed by atoms with E-state index in [1.165, 1.54) is 23.8 Å². The van der Waals surface area contributed by atoms with Crippen molar-refractivity contribution in [2.24, 2.45) is 0 Å². The number of benzene rings is 3. The zero-order valence-corrected chi connectivity index (χ0v) is 20.0. The van der Waals surface area contributed by atoms with Crippen LogP contribution < -0.4 is 14.4 Å². The van der Waals surface area contributed by atoms with E-state index in [4.69, 9.17) is 21.7 Å². The van der Waals surface area contributed by atoms with Gasteiger partial charge in [0.15, 0.2) is 15.8 Å². The highest BCUT2D eigenvalue weighted by Crippen LogP contribution is 2.37. The van der Waals surface area contributed by atoms with Crippen LogP contribution in [0.25, 0.3) is 6.08 Å². The minimum absolute atomic E-state index is 0.185. The van der Waals surface area contributed by atoms with Crippen LogP contribution >= 0.6 is 39.9 Å². The molecule has 1 amide bonds. The molecule has 3 aromatic carbocycles. The summed E-state index contributed by atoms with van der Waals surface area (Å²) in [4.78, 5) is 27.4. The molecule has 0 atom stereocenters. The molecule has 160 valence electrons. The summed E-state index contributed by atoms with van der Waals surface area (Å²) in [5.74, 6) is -0.0245. The number of thioether (sulfide) groups is 1. The maximum absolute atomic E-state index is 12.9. The quantitative estimate of drug-likeness (QED) is 0.174. The van der Waals surface area contributed by atoms with Crippen LogP contribution in [0.3, 0.4) is 0 Å². The van der Waals surface area contributed by atoms with Gasteiger partial charge in [0.05, 0.1) is 23.3 Å². The van der Waals surface area contributed by atoms with Crippen LogP contribution in [0.4, 0.5) is 5.69 Å². The number of halogens is 1. The third-order valence-electron chi connectivity index (χ3n) is 4.56. The molecule has 1 fully saturated rings. The number of amides is 1. The van der Waals surface area contributed by atoms with Crippen molar-refractivity contribution >= 4 is 67.9 Å². The molecular weight excluding hydrogens is 510 g/mol. The van der Waals surface area contributed by atoms with Crippen molar-refractivity contribution in [2.75, 3.05) is 12.0 Å². The van der Waals surface area contributed by atoms with Gasteiger partial charge in [0.2, 0.25) is 0 Å². The van der Waals surface area contributed by atoms with E-state index in [9.17, 15) is 9.59 Å². The largest absolute Gasteiger partial charge is 0.493 e. The van der Waals surface area contributed by atoms with Crippen LogP contribution in [-0.2, 0) is 4.79 Å². The summed E-state index contributed by atoms with van der Waals surface area (Å²) in [6, 6.07) is 21.3. The Bertz CT molecular complexity index is 1240. The first-order chi connectivity index (χ1) is 15.5. The van der Waals surface area contributed by atoms with E-state index in [0.29, 0.717) is 20.5 Å². The molecule has 32 heavy (non-hydrogen) atoms. The summed E-state index contributed by atoms with van der Waals surface area (Å²) in [5.41, 5.74) is 1.86. The van der Waals surface area contributed by atoms with Gasteiger partial charge in [-0.1, -0.05) is 70.2 Å². The normalized spacial score (nSPS) is 14.7. The number of para-hydroxylation sites is 1. The molecule has 0 bridgehead atoms. The molecule has 0 saturated carbocycles. The monoisotopic (exact) mass is 525 g/mol. The second kappa shape index (κ2) is 9.68. The fraction of sp³-hybridized carbons (Fsp3) is 0.0417. The second-order valence-corrected chi connectivity index (χ2v) is 9.25. The SMILES string of the molecule is COc1cc(C=C2SC(=S)N(c3ccccc3)C2=O)ccc1OC(=O)c1cccc(Br)c1. The highest BCUT2D eigenvalue weighted by molar-refractivity contribution is 9.10. The summed E-state index contributed by atoms with van der Waals surface area (Å²) >= 11 is 9.99. The van der Waals surface area contributed by atoms with E-state index in [1.807, 2.05) is 36.4 Å². The van der Waals surface area contributed by atoms with Crippen LogP contribution in [0.5, 0.6) is 11.5 Å². The topological polar surface area (TPSA) is 55.8 Å². The van der Waals surface area contributed by atoms with Crippen LogP contribution in [0.15, 0.2) is 82.2 Å². The van der Waals surface area contributed by atoms with Gasteiger partial charge in [-0.3, -0.25) is 9.69 Å². The van der Waals surface area contributed by atoms with Crippen LogP contribution in [0.2, 0.25) is 0 Å². The van der Waals surface area contributed by atoms with E-state index in [0.717, 1.165) is 15.7 Å². The first kappa shape index (κ1) is 22.3. The van der Waals surface area contributed by atoms with E-state index in [2.05, 4.69) is 15.9 Å². The van der Waals surface area contributed by atoms with E-state index in [-0.39, 0.29) is 11.7 Å². The Hall–Kier alpha value is -2.94. The maximum Gasteiger partial charge on any atom is 0.343 e. The molecule has 0 unspecified atom stereocenters. The Balaban J connectivity index is 1.56. The number of nitrogens with zero attached hydrogens (tertiary/aromatic N) is 1. The molecule has 0 spiro atoms. The van der Waals surface area contributed by atoms with Crippen molar-refractivity contribution in [3.05, 3.63) is 93.3 Å². The smallest absolute Gasteiger partial charge is 0.343 e. The lowest BCUT2D eigenvalue weighted by atomic mass is 10.1. The highest BCUT2D eigenvalue weighted by atomic mass is 79.9. The average Bonchev–Trinajstić information content (AvgIpc) is 3.07. The molecule has 1 aliphatic heterocycles. The molecule has 0 N–H and O–H groups in total.